The quantitative estimate of drug-likeness (QED) is 0.721. The van der Waals surface area contributed by atoms with Gasteiger partial charge in [-0.3, -0.25) is 9.59 Å². The minimum absolute atomic E-state index is 0.0475. The Bertz CT molecular complexity index is 770. The number of nitrogens with zero attached hydrogens (tertiary/aromatic N) is 2. The molecule has 0 bridgehead atoms. The van der Waals surface area contributed by atoms with Crippen LogP contribution in [0.2, 0.25) is 0 Å². The number of carboxylic acid groups (broad SMARTS) is 1. The van der Waals surface area contributed by atoms with Gasteiger partial charge in [-0.15, -0.1) is 0 Å². The van der Waals surface area contributed by atoms with Gasteiger partial charge < -0.3 is 10.0 Å². The van der Waals surface area contributed by atoms with Crippen LogP contribution in [-0.2, 0) is 26.0 Å². The van der Waals surface area contributed by atoms with Crippen LogP contribution >= 0.6 is 0 Å². The summed E-state index contributed by atoms with van der Waals surface area (Å²) in [4.78, 5) is 25.4. The van der Waals surface area contributed by atoms with E-state index >= 15 is 0 Å². The Hall–Kier alpha value is -1.93. The van der Waals surface area contributed by atoms with Crippen molar-refractivity contribution in [3.63, 3.8) is 0 Å². The van der Waals surface area contributed by atoms with Crippen LogP contribution in [0, 0.1) is 6.92 Å². The van der Waals surface area contributed by atoms with Crippen molar-refractivity contribution in [3.05, 3.63) is 35.4 Å². The molecule has 1 aliphatic rings. The summed E-state index contributed by atoms with van der Waals surface area (Å²) < 4.78 is 25.4. The van der Waals surface area contributed by atoms with Gasteiger partial charge in [-0.2, -0.15) is 0 Å². The molecule has 1 aromatic carbocycles. The first-order chi connectivity index (χ1) is 12.7. The van der Waals surface area contributed by atoms with Crippen molar-refractivity contribution in [3.8, 4) is 0 Å². The lowest BCUT2D eigenvalue weighted by atomic mass is 10.0. The zero-order chi connectivity index (χ0) is 20.0. The van der Waals surface area contributed by atoms with Crippen molar-refractivity contribution < 1.29 is 23.1 Å². The molecule has 27 heavy (non-hydrogen) atoms. The summed E-state index contributed by atoms with van der Waals surface area (Å²) in [6.45, 7) is 3.88. The van der Waals surface area contributed by atoms with E-state index in [9.17, 15) is 23.1 Å². The first kappa shape index (κ1) is 21.4. The number of sulfonamides is 1. The van der Waals surface area contributed by atoms with Crippen molar-refractivity contribution >= 4 is 21.9 Å². The van der Waals surface area contributed by atoms with E-state index in [2.05, 4.69) is 0 Å². The lowest BCUT2D eigenvalue weighted by Gasteiger charge is -2.37. The Morgan fingerprint density at radius 1 is 1.22 bits per heavy atom. The summed E-state index contributed by atoms with van der Waals surface area (Å²) in [5, 5.41) is 9.21. The zero-order valence-electron chi connectivity index (χ0n) is 15.9. The summed E-state index contributed by atoms with van der Waals surface area (Å²) in [6, 6.07) is 7.58. The average Bonchev–Trinajstić information content (AvgIpc) is 2.65. The molecule has 0 unspecified atom stereocenters. The van der Waals surface area contributed by atoms with E-state index in [0.29, 0.717) is 32.4 Å². The fourth-order valence-electron chi connectivity index (χ4n) is 3.46. The average molecular weight is 397 g/mol. The van der Waals surface area contributed by atoms with E-state index in [4.69, 9.17) is 0 Å². The highest BCUT2D eigenvalue weighted by Crippen LogP contribution is 2.21. The number of carboxylic acids is 1. The molecule has 0 saturated carbocycles. The standard InChI is InChI=1S/C19H28N2O5S/c1-3-27(25,26)20-12-10-17(11-13-20)21(14-19(23)24)18(22)9-8-16-7-5-4-6-15(16)2/h4-7,17H,3,8-14H2,1-2H3,(H,23,24). The second-order valence-electron chi connectivity index (χ2n) is 6.87. The molecule has 2 rings (SSSR count). The summed E-state index contributed by atoms with van der Waals surface area (Å²) in [6.07, 6.45) is 1.72. The maximum Gasteiger partial charge on any atom is 0.323 e. The number of piperidine rings is 1. The van der Waals surface area contributed by atoms with Gasteiger partial charge in [-0.25, -0.2) is 12.7 Å². The van der Waals surface area contributed by atoms with E-state index in [1.807, 2.05) is 31.2 Å². The van der Waals surface area contributed by atoms with Crippen molar-refractivity contribution in [1.82, 2.24) is 9.21 Å². The minimum atomic E-state index is -3.25. The second-order valence-corrected chi connectivity index (χ2v) is 9.13. The monoisotopic (exact) mass is 396 g/mol. The fourth-order valence-corrected chi connectivity index (χ4v) is 4.59. The van der Waals surface area contributed by atoms with Gasteiger partial charge in [0.2, 0.25) is 15.9 Å². The number of carbonyl (C=O) groups is 2. The third-order valence-corrected chi connectivity index (χ3v) is 7.00. The summed E-state index contributed by atoms with van der Waals surface area (Å²) in [5.41, 5.74) is 2.18. The molecule has 1 heterocycles. The second kappa shape index (κ2) is 9.32. The molecule has 1 saturated heterocycles. The van der Waals surface area contributed by atoms with Gasteiger partial charge in [0, 0.05) is 25.6 Å². The molecular weight excluding hydrogens is 368 g/mol. The molecule has 0 atom stereocenters. The molecular formula is C19H28N2O5S. The largest absolute Gasteiger partial charge is 0.480 e. The van der Waals surface area contributed by atoms with Gasteiger partial charge in [0.25, 0.3) is 0 Å². The van der Waals surface area contributed by atoms with E-state index < -0.39 is 16.0 Å². The maximum atomic E-state index is 12.7. The molecule has 0 aliphatic carbocycles. The van der Waals surface area contributed by atoms with Gasteiger partial charge in [-0.1, -0.05) is 24.3 Å². The molecule has 1 N–H and O–H groups in total. The van der Waals surface area contributed by atoms with Crippen LogP contribution in [-0.4, -0.2) is 66.0 Å². The normalized spacial score (nSPS) is 16.2. The lowest BCUT2D eigenvalue weighted by Crippen LogP contribution is -2.50. The molecule has 1 fully saturated rings. The van der Waals surface area contributed by atoms with E-state index in [-0.39, 0.29) is 30.7 Å². The van der Waals surface area contributed by atoms with Crippen molar-refractivity contribution in [2.45, 2.75) is 45.6 Å². The maximum absolute atomic E-state index is 12.7. The summed E-state index contributed by atoms with van der Waals surface area (Å²) in [5.74, 6) is -1.20. The lowest BCUT2D eigenvalue weighted by molar-refractivity contribution is -0.146. The number of amides is 1. The smallest absolute Gasteiger partial charge is 0.323 e. The Morgan fingerprint density at radius 3 is 2.41 bits per heavy atom. The van der Waals surface area contributed by atoms with Gasteiger partial charge in [0.1, 0.15) is 6.54 Å². The molecule has 1 aromatic rings. The predicted molar refractivity (Wildman–Crippen MR) is 103 cm³/mol. The van der Waals surface area contributed by atoms with Crippen LogP contribution in [0.4, 0.5) is 0 Å². The molecule has 0 radical (unpaired) electrons. The van der Waals surface area contributed by atoms with Crippen LogP contribution in [0.25, 0.3) is 0 Å². The zero-order valence-corrected chi connectivity index (χ0v) is 16.7. The van der Waals surface area contributed by atoms with Crippen LogP contribution in [0.3, 0.4) is 0 Å². The molecule has 0 spiro atoms. The number of benzene rings is 1. The summed E-state index contributed by atoms with van der Waals surface area (Å²) >= 11 is 0. The number of rotatable bonds is 8. The third kappa shape index (κ3) is 5.77. The SMILES string of the molecule is CCS(=O)(=O)N1CCC(N(CC(=O)O)C(=O)CCc2ccccc2C)CC1. The van der Waals surface area contributed by atoms with E-state index in [1.165, 1.54) is 9.21 Å². The Labute approximate surface area is 161 Å². The first-order valence-electron chi connectivity index (χ1n) is 9.28. The van der Waals surface area contributed by atoms with Crippen molar-refractivity contribution in [2.75, 3.05) is 25.4 Å². The Kier molecular flexibility index (Phi) is 7.38. The fraction of sp³-hybridized carbons (Fsp3) is 0.579. The van der Waals surface area contributed by atoms with Crippen LogP contribution in [0.15, 0.2) is 24.3 Å². The number of hydrogen-bond acceptors (Lipinski definition) is 4. The summed E-state index contributed by atoms with van der Waals surface area (Å²) in [7, 11) is -3.25. The van der Waals surface area contributed by atoms with Gasteiger partial charge in [-0.05, 0) is 44.2 Å². The molecule has 1 amide bonds. The number of hydrogen-bond donors (Lipinski definition) is 1. The third-order valence-electron chi connectivity index (χ3n) is 5.12. The molecule has 0 aromatic heterocycles. The van der Waals surface area contributed by atoms with Crippen molar-refractivity contribution in [2.24, 2.45) is 0 Å². The molecule has 1 aliphatic heterocycles. The van der Waals surface area contributed by atoms with Crippen LogP contribution < -0.4 is 0 Å². The minimum Gasteiger partial charge on any atom is -0.480 e. The van der Waals surface area contributed by atoms with Crippen LogP contribution in [0.5, 0.6) is 0 Å². The Morgan fingerprint density at radius 2 is 1.85 bits per heavy atom. The Balaban J connectivity index is 2.01. The highest BCUT2D eigenvalue weighted by molar-refractivity contribution is 7.89. The molecule has 8 heteroatoms. The highest BCUT2D eigenvalue weighted by atomic mass is 32.2. The van der Waals surface area contributed by atoms with Gasteiger partial charge in [0.05, 0.1) is 5.75 Å². The number of aliphatic carboxylic acids is 1. The number of carbonyl (C=O) groups excluding carboxylic acids is 1. The molecule has 7 nitrogen and oxygen atoms in total. The van der Waals surface area contributed by atoms with Gasteiger partial charge in [0.15, 0.2) is 0 Å². The highest BCUT2D eigenvalue weighted by Gasteiger charge is 2.32. The predicted octanol–water partition coefficient (Wildman–Crippen LogP) is 1.65. The van der Waals surface area contributed by atoms with E-state index in [0.717, 1.165) is 11.1 Å². The topological polar surface area (TPSA) is 95.0 Å². The first-order valence-corrected chi connectivity index (χ1v) is 10.9. The van der Waals surface area contributed by atoms with Crippen LogP contribution in [0.1, 0.15) is 37.3 Å². The van der Waals surface area contributed by atoms with E-state index in [1.54, 1.807) is 6.92 Å². The van der Waals surface area contributed by atoms with Crippen molar-refractivity contribution in [1.29, 1.82) is 0 Å². The number of aryl methyl sites for hydroxylation is 2. The van der Waals surface area contributed by atoms with Gasteiger partial charge >= 0.3 is 5.97 Å². The molecule has 150 valence electrons.